The van der Waals surface area contributed by atoms with Gasteiger partial charge in [0.15, 0.2) is 5.82 Å². The maximum absolute atomic E-state index is 11.9. The molecule has 0 aliphatic carbocycles. The van der Waals surface area contributed by atoms with Crippen LogP contribution < -0.4 is 4.74 Å². The third-order valence-corrected chi connectivity index (χ3v) is 7.03. The van der Waals surface area contributed by atoms with Gasteiger partial charge in [-0.05, 0) is 37.5 Å². The number of ether oxygens (including phenoxy) is 2. The number of aliphatic hydroxyl groups excluding tert-OH is 1. The maximum Gasteiger partial charge on any atom is 0.338 e. The van der Waals surface area contributed by atoms with Crippen LogP contribution in [0.1, 0.15) is 56.2 Å². The average Bonchev–Trinajstić information content (AvgIpc) is 3.47. The van der Waals surface area contributed by atoms with Gasteiger partial charge in [0.2, 0.25) is 0 Å². The summed E-state index contributed by atoms with van der Waals surface area (Å²) in [6.07, 6.45) is 3.96. The number of fused-ring (bicyclic) bond motifs is 1. The van der Waals surface area contributed by atoms with E-state index in [2.05, 4.69) is 21.1 Å². The van der Waals surface area contributed by atoms with Crippen molar-refractivity contribution in [3.05, 3.63) is 69.7 Å². The highest BCUT2D eigenvalue weighted by atomic mass is 16.5. The first-order valence-corrected chi connectivity index (χ1v) is 11.6. The number of rotatable bonds is 5. The molecule has 4 heterocycles. The molecule has 2 aliphatic heterocycles. The van der Waals surface area contributed by atoms with Crippen LogP contribution >= 0.6 is 0 Å². The fourth-order valence-electron chi connectivity index (χ4n) is 5.09. The Morgan fingerprint density at radius 2 is 2.17 bits per heavy atom. The molecule has 0 bridgehead atoms. The molecule has 9 nitrogen and oxygen atoms in total. The summed E-state index contributed by atoms with van der Waals surface area (Å²) in [4.78, 5) is 18.7. The molecule has 1 fully saturated rings. The predicted octanol–water partition coefficient (Wildman–Crippen LogP) is 2.79. The van der Waals surface area contributed by atoms with E-state index >= 15 is 0 Å². The quantitative estimate of drug-likeness (QED) is 0.563. The predicted molar refractivity (Wildman–Crippen MR) is 126 cm³/mol. The Morgan fingerprint density at radius 1 is 1.34 bits per heavy atom. The number of piperidine rings is 1. The minimum absolute atomic E-state index is 0.0492. The smallest absolute Gasteiger partial charge is 0.338 e. The number of aliphatic hydroxyl groups is 1. The van der Waals surface area contributed by atoms with E-state index in [0.29, 0.717) is 54.5 Å². The molecule has 5 rings (SSSR count). The Balaban J connectivity index is 1.34. The number of esters is 1. The van der Waals surface area contributed by atoms with Crippen molar-refractivity contribution >= 4 is 5.97 Å². The number of likely N-dealkylation sites (tertiary alicyclic amines) is 1. The van der Waals surface area contributed by atoms with E-state index in [-0.39, 0.29) is 11.9 Å². The first-order chi connectivity index (χ1) is 16.9. The van der Waals surface area contributed by atoms with Gasteiger partial charge in [0.1, 0.15) is 24.0 Å². The van der Waals surface area contributed by atoms with Gasteiger partial charge in [-0.3, -0.25) is 4.90 Å². The third kappa shape index (κ3) is 4.16. The molecule has 0 spiro atoms. The molecule has 1 aromatic carbocycles. The van der Waals surface area contributed by atoms with Gasteiger partial charge in [0, 0.05) is 48.9 Å². The third-order valence-electron chi connectivity index (χ3n) is 7.03. The lowest BCUT2D eigenvalue weighted by atomic mass is 9.83. The lowest BCUT2D eigenvalue weighted by Gasteiger charge is -2.37. The zero-order chi connectivity index (χ0) is 24.7. The lowest BCUT2D eigenvalue weighted by Crippen LogP contribution is -2.41. The number of pyridine rings is 1. The van der Waals surface area contributed by atoms with Gasteiger partial charge in [0.05, 0.1) is 30.7 Å². The second kappa shape index (κ2) is 9.13. The summed E-state index contributed by atoms with van der Waals surface area (Å²) >= 11 is 0. The number of methoxy groups -OCH3 is 1. The number of carbonyl (C=O) groups is 1. The van der Waals surface area contributed by atoms with Gasteiger partial charge in [-0.15, -0.1) is 0 Å². The van der Waals surface area contributed by atoms with Crippen molar-refractivity contribution in [1.29, 1.82) is 5.26 Å². The minimum atomic E-state index is -0.443. The number of hydrogen-bond donors (Lipinski definition) is 1. The van der Waals surface area contributed by atoms with Crippen molar-refractivity contribution in [1.82, 2.24) is 19.7 Å². The van der Waals surface area contributed by atoms with Gasteiger partial charge in [-0.25, -0.2) is 14.5 Å². The van der Waals surface area contributed by atoms with Crippen LogP contribution in [0.15, 0.2) is 30.6 Å². The van der Waals surface area contributed by atoms with E-state index < -0.39 is 6.10 Å². The van der Waals surface area contributed by atoms with E-state index in [4.69, 9.17) is 9.47 Å². The summed E-state index contributed by atoms with van der Waals surface area (Å²) < 4.78 is 12.2. The molecule has 2 aromatic heterocycles. The van der Waals surface area contributed by atoms with Crippen LogP contribution in [-0.2, 0) is 17.9 Å². The molecule has 0 amide bonds. The Hall–Kier alpha value is -3.74. The van der Waals surface area contributed by atoms with Crippen molar-refractivity contribution in [2.24, 2.45) is 0 Å². The molecular weight excluding hydrogens is 446 g/mol. The number of aromatic nitrogens is 3. The van der Waals surface area contributed by atoms with Crippen molar-refractivity contribution in [3.8, 4) is 17.6 Å². The number of carbonyl (C=O) groups excluding carboxylic acids is 1. The van der Waals surface area contributed by atoms with Crippen LogP contribution in [0.3, 0.4) is 0 Å². The molecule has 3 aromatic rings. The number of hydrogen-bond acceptors (Lipinski definition) is 8. The molecular formula is C26H27N5O4. The molecule has 9 heteroatoms. The first-order valence-electron chi connectivity index (χ1n) is 11.6. The SMILES string of the molecule is COc1cc(-n2cc(CN3CC[C@@H](O)[C@H](c4ccc5c(c4C)COC5=O)C3)cn2)nc(C)c1C#N. The highest BCUT2D eigenvalue weighted by Crippen LogP contribution is 2.35. The molecule has 0 unspecified atom stereocenters. The van der Waals surface area contributed by atoms with Crippen LogP contribution in [0.5, 0.6) is 5.75 Å². The second-order valence-corrected chi connectivity index (χ2v) is 9.13. The standard InChI is InChI=1S/C26H27N5O4/c1-15-18(4-5-19-22(15)14-35-26(19)33)21-13-30(7-6-23(21)32)11-17-10-28-31(12-17)25-8-24(34-3)20(9-27)16(2)29-25/h4-5,8,10,12,21,23,32H,6-7,11,13-14H2,1-3H3/t21-,23+/m0/s1. The van der Waals surface area contributed by atoms with Crippen LogP contribution in [0.25, 0.3) is 5.82 Å². The summed E-state index contributed by atoms with van der Waals surface area (Å²) in [7, 11) is 1.53. The summed E-state index contributed by atoms with van der Waals surface area (Å²) in [5, 5.41) is 24.6. The van der Waals surface area contributed by atoms with Gasteiger partial charge in [-0.2, -0.15) is 10.4 Å². The molecule has 0 saturated carbocycles. The van der Waals surface area contributed by atoms with Crippen molar-refractivity contribution in [2.75, 3.05) is 20.2 Å². The zero-order valence-corrected chi connectivity index (χ0v) is 20.0. The van der Waals surface area contributed by atoms with Crippen molar-refractivity contribution < 1.29 is 19.4 Å². The van der Waals surface area contributed by atoms with Crippen LogP contribution in [-0.4, -0.2) is 57.0 Å². The van der Waals surface area contributed by atoms with E-state index in [9.17, 15) is 15.2 Å². The Bertz CT molecular complexity index is 1340. The highest BCUT2D eigenvalue weighted by Gasteiger charge is 2.33. The summed E-state index contributed by atoms with van der Waals surface area (Å²) in [5.41, 5.74) is 5.68. The van der Waals surface area contributed by atoms with E-state index in [1.807, 2.05) is 31.5 Å². The number of benzene rings is 1. The highest BCUT2D eigenvalue weighted by molar-refractivity contribution is 5.94. The van der Waals surface area contributed by atoms with E-state index in [1.165, 1.54) is 7.11 Å². The van der Waals surface area contributed by atoms with Crippen molar-refractivity contribution in [2.45, 2.75) is 45.4 Å². The van der Waals surface area contributed by atoms with Crippen LogP contribution in [0.2, 0.25) is 0 Å². The number of nitriles is 1. The summed E-state index contributed by atoms with van der Waals surface area (Å²) in [6, 6.07) is 7.62. The molecule has 2 atom stereocenters. The Morgan fingerprint density at radius 3 is 2.94 bits per heavy atom. The molecule has 180 valence electrons. The number of nitrogens with zero attached hydrogens (tertiary/aromatic N) is 5. The molecule has 1 saturated heterocycles. The zero-order valence-electron chi connectivity index (χ0n) is 20.0. The average molecular weight is 474 g/mol. The monoisotopic (exact) mass is 473 g/mol. The van der Waals surface area contributed by atoms with Gasteiger partial charge < -0.3 is 14.6 Å². The Kier molecular flexibility index (Phi) is 6.01. The van der Waals surface area contributed by atoms with E-state index in [1.54, 1.807) is 17.7 Å². The largest absolute Gasteiger partial charge is 0.495 e. The molecule has 35 heavy (non-hydrogen) atoms. The molecule has 2 aliphatic rings. The van der Waals surface area contributed by atoms with Gasteiger partial charge >= 0.3 is 5.97 Å². The lowest BCUT2D eigenvalue weighted by molar-refractivity contribution is 0.0532. The fraction of sp³-hybridized carbons (Fsp3) is 0.385. The minimum Gasteiger partial charge on any atom is -0.495 e. The van der Waals surface area contributed by atoms with Crippen LogP contribution in [0.4, 0.5) is 0 Å². The first kappa shape index (κ1) is 23.0. The summed E-state index contributed by atoms with van der Waals surface area (Å²) in [6.45, 7) is 6.23. The summed E-state index contributed by atoms with van der Waals surface area (Å²) in [5.74, 6) is 0.729. The topological polar surface area (TPSA) is 114 Å². The Labute approximate surface area is 203 Å². The number of cyclic esters (lactones) is 1. The van der Waals surface area contributed by atoms with Crippen LogP contribution in [0, 0.1) is 25.2 Å². The van der Waals surface area contributed by atoms with Crippen molar-refractivity contribution in [3.63, 3.8) is 0 Å². The second-order valence-electron chi connectivity index (χ2n) is 9.13. The fourth-order valence-corrected chi connectivity index (χ4v) is 5.09. The van der Waals surface area contributed by atoms with Gasteiger partial charge in [-0.1, -0.05) is 6.07 Å². The van der Waals surface area contributed by atoms with E-state index in [0.717, 1.165) is 28.8 Å². The molecule has 0 radical (unpaired) electrons. The molecule has 1 N–H and O–H groups in total. The van der Waals surface area contributed by atoms with Gasteiger partial charge in [0.25, 0.3) is 0 Å². The normalized spacial score (nSPS) is 19.8. The number of aryl methyl sites for hydroxylation is 1. The maximum atomic E-state index is 11.9.